The van der Waals surface area contributed by atoms with E-state index in [1.165, 1.54) is 19.5 Å². The van der Waals surface area contributed by atoms with Crippen molar-refractivity contribution in [1.82, 2.24) is 10.2 Å². The van der Waals surface area contributed by atoms with E-state index in [1.807, 2.05) is 0 Å². The molecule has 0 aliphatic carbocycles. The molecule has 1 aliphatic heterocycles. The van der Waals surface area contributed by atoms with Gasteiger partial charge in [-0.1, -0.05) is 13.8 Å². The molecule has 2 atom stereocenters. The van der Waals surface area contributed by atoms with Gasteiger partial charge < -0.3 is 19.7 Å². The Hall–Kier alpha value is -1.75. The number of nitrogens with zero attached hydrogens (tertiary/aromatic N) is 1. The first-order valence-electron chi connectivity index (χ1n) is 8.76. The lowest BCUT2D eigenvalue weighted by molar-refractivity contribution is 0.0947. The Balaban J connectivity index is 1.77. The van der Waals surface area contributed by atoms with Crippen LogP contribution in [0.15, 0.2) is 18.2 Å². The smallest absolute Gasteiger partial charge is 0.251 e. The van der Waals surface area contributed by atoms with E-state index < -0.39 is 0 Å². The van der Waals surface area contributed by atoms with Crippen molar-refractivity contribution < 1.29 is 14.3 Å². The number of hydrogen-bond donors (Lipinski definition) is 1. The molecule has 1 aromatic rings. The molecule has 1 saturated heterocycles. The lowest BCUT2D eigenvalue weighted by Crippen LogP contribution is -2.40. The van der Waals surface area contributed by atoms with Gasteiger partial charge in [-0.25, -0.2) is 0 Å². The number of methoxy groups -OCH3 is 2. The minimum absolute atomic E-state index is 0.0728. The first-order valence-corrected chi connectivity index (χ1v) is 8.76. The Labute approximate surface area is 145 Å². The van der Waals surface area contributed by atoms with Gasteiger partial charge in [0.05, 0.1) is 14.2 Å². The van der Waals surface area contributed by atoms with Crippen molar-refractivity contribution in [3.05, 3.63) is 23.8 Å². The Morgan fingerprint density at radius 3 is 2.46 bits per heavy atom. The third kappa shape index (κ3) is 5.13. The maximum atomic E-state index is 12.2. The number of rotatable bonds is 7. The van der Waals surface area contributed by atoms with Gasteiger partial charge in [-0.3, -0.25) is 4.79 Å². The van der Waals surface area contributed by atoms with Crippen molar-refractivity contribution in [1.29, 1.82) is 0 Å². The molecule has 1 N–H and O–H groups in total. The number of likely N-dealkylation sites (tertiary alicyclic amines) is 1. The number of carbonyl (C=O) groups is 1. The fourth-order valence-electron chi connectivity index (χ4n) is 3.56. The van der Waals surface area contributed by atoms with Crippen molar-refractivity contribution in [2.24, 2.45) is 11.8 Å². The number of carbonyl (C=O) groups excluding carboxylic acids is 1. The monoisotopic (exact) mass is 334 g/mol. The molecule has 134 valence electrons. The van der Waals surface area contributed by atoms with Crippen molar-refractivity contribution in [3.8, 4) is 11.5 Å². The van der Waals surface area contributed by atoms with Crippen LogP contribution >= 0.6 is 0 Å². The minimum atomic E-state index is -0.0728. The molecule has 1 amide bonds. The highest BCUT2D eigenvalue weighted by Gasteiger charge is 2.21. The van der Waals surface area contributed by atoms with E-state index in [2.05, 4.69) is 24.1 Å². The number of nitrogens with one attached hydrogen (secondary N) is 1. The molecule has 1 aromatic carbocycles. The van der Waals surface area contributed by atoms with Crippen LogP contribution in [0.2, 0.25) is 0 Å². The lowest BCUT2D eigenvalue weighted by Gasteiger charge is -2.34. The van der Waals surface area contributed by atoms with Gasteiger partial charge in [0.2, 0.25) is 0 Å². The Morgan fingerprint density at radius 1 is 1.17 bits per heavy atom. The number of ether oxygens (including phenoxy) is 2. The number of piperidine rings is 1. The first-order chi connectivity index (χ1) is 11.5. The molecule has 2 rings (SSSR count). The third-order valence-corrected chi connectivity index (χ3v) is 4.53. The summed E-state index contributed by atoms with van der Waals surface area (Å²) < 4.78 is 10.4. The third-order valence-electron chi connectivity index (χ3n) is 4.53. The Morgan fingerprint density at radius 2 is 1.83 bits per heavy atom. The molecule has 0 radical (unpaired) electrons. The maximum absolute atomic E-state index is 12.2. The standard InChI is InChI=1S/C19H30N2O3/c1-14-10-15(2)13-21(12-14)9-5-8-20-19(22)16-6-7-17(23-3)18(11-16)24-4/h6-7,11,14-15H,5,8-10,12-13H2,1-4H3,(H,20,22)/t14-,15-/m0/s1. The van der Waals surface area contributed by atoms with E-state index in [0.717, 1.165) is 24.8 Å². The summed E-state index contributed by atoms with van der Waals surface area (Å²) in [6, 6.07) is 5.22. The molecule has 24 heavy (non-hydrogen) atoms. The van der Waals surface area contributed by atoms with Crippen LogP contribution in [0.4, 0.5) is 0 Å². The molecule has 5 heteroatoms. The van der Waals surface area contributed by atoms with Gasteiger partial charge in [0, 0.05) is 25.2 Å². The van der Waals surface area contributed by atoms with E-state index in [9.17, 15) is 4.79 Å². The molecule has 0 unspecified atom stereocenters. The van der Waals surface area contributed by atoms with Crippen LogP contribution < -0.4 is 14.8 Å². The molecular formula is C19H30N2O3. The van der Waals surface area contributed by atoms with Gasteiger partial charge in [0.15, 0.2) is 11.5 Å². The van der Waals surface area contributed by atoms with Crippen LogP contribution in [0, 0.1) is 11.8 Å². The summed E-state index contributed by atoms with van der Waals surface area (Å²) >= 11 is 0. The van der Waals surface area contributed by atoms with Crippen molar-refractivity contribution in [3.63, 3.8) is 0 Å². The largest absolute Gasteiger partial charge is 0.493 e. The summed E-state index contributed by atoms with van der Waals surface area (Å²) in [4.78, 5) is 14.8. The summed E-state index contributed by atoms with van der Waals surface area (Å²) in [6.45, 7) is 8.72. The molecule has 1 fully saturated rings. The van der Waals surface area contributed by atoms with Gasteiger partial charge in [-0.2, -0.15) is 0 Å². The quantitative estimate of drug-likeness (QED) is 0.779. The SMILES string of the molecule is COc1ccc(C(=O)NCCCN2C[C@@H](C)C[C@H](C)C2)cc1OC. The summed E-state index contributed by atoms with van der Waals surface area (Å²) in [5.74, 6) is 2.67. The normalized spacial score (nSPS) is 21.3. The van der Waals surface area contributed by atoms with Crippen molar-refractivity contribution in [2.45, 2.75) is 26.7 Å². The van der Waals surface area contributed by atoms with E-state index in [0.29, 0.717) is 23.6 Å². The van der Waals surface area contributed by atoms with Gasteiger partial charge in [0.25, 0.3) is 5.91 Å². The van der Waals surface area contributed by atoms with Crippen LogP contribution in [0.5, 0.6) is 11.5 Å². The highest BCUT2D eigenvalue weighted by atomic mass is 16.5. The molecule has 0 bridgehead atoms. The molecule has 0 saturated carbocycles. The second-order valence-electron chi connectivity index (χ2n) is 6.88. The summed E-state index contributed by atoms with van der Waals surface area (Å²) in [5, 5.41) is 2.99. The minimum Gasteiger partial charge on any atom is -0.493 e. The number of amides is 1. The zero-order chi connectivity index (χ0) is 17.5. The van der Waals surface area contributed by atoms with Gasteiger partial charge in [-0.15, -0.1) is 0 Å². The number of benzene rings is 1. The fraction of sp³-hybridized carbons (Fsp3) is 0.632. The van der Waals surface area contributed by atoms with Gasteiger partial charge >= 0.3 is 0 Å². The van der Waals surface area contributed by atoms with Crippen LogP contribution in [-0.4, -0.2) is 51.2 Å². The van der Waals surface area contributed by atoms with Gasteiger partial charge in [-0.05, 0) is 49.4 Å². The zero-order valence-electron chi connectivity index (χ0n) is 15.3. The average molecular weight is 334 g/mol. The summed E-state index contributed by atoms with van der Waals surface area (Å²) in [6.07, 6.45) is 2.30. The summed E-state index contributed by atoms with van der Waals surface area (Å²) in [5.41, 5.74) is 0.591. The van der Waals surface area contributed by atoms with Crippen molar-refractivity contribution in [2.75, 3.05) is 40.4 Å². The van der Waals surface area contributed by atoms with Gasteiger partial charge in [0.1, 0.15) is 0 Å². The van der Waals surface area contributed by atoms with Crippen LogP contribution in [0.1, 0.15) is 37.0 Å². The molecule has 1 aliphatic rings. The van der Waals surface area contributed by atoms with E-state index in [-0.39, 0.29) is 5.91 Å². The second-order valence-corrected chi connectivity index (χ2v) is 6.88. The summed E-state index contributed by atoms with van der Waals surface area (Å²) in [7, 11) is 3.15. The lowest BCUT2D eigenvalue weighted by atomic mass is 9.92. The van der Waals surface area contributed by atoms with Crippen LogP contribution in [-0.2, 0) is 0 Å². The van der Waals surface area contributed by atoms with E-state index in [4.69, 9.17) is 9.47 Å². The highest BCUT2D eigenvalue weighted by molar-refractivity contribution is 5.94. The topological polar surface area (TPSA) is 50.8 Å². The van der Waals surface area contributed by atoms with E-state index >= 15 is 0 Å². The van der Waals surface area contributed by atoms with Crippen LogP contribution in [0.25, 0.3) is 0 Å². The Kier molecular flexibility index (Phi) is 6.91. The zero-order valence-corrected chi connectivity index (χ0v) is 15.3. The second kappa shape index (κ2) is 8.92. The molecular weight excluding hydrogens is 304 g/mol. The average Bonchev–Trinajstić information content (AvgIpc) is 2.57. The molecule has 5 nitrogen and oxygen atoms in total. The first kappa shape index (κ1) is 18.6. The number of hydrogen-bond acceptors (Lipinski definition) is 4. The maximum Gasteiger partial charge on any atom is 0.251 e. The molecule has 1 heterocycles. The predicted molar refractivity (Wildman–Crippen MR) is 95.9 cm³/mol. The molecule has 0 aromatic heterocycles. The Bertz CT molecular complexity index is 537. The molecule has 0 spiro atoms. The van der Waals surface area contributed by atoms with Crippen LogP contribution in [0.3, 0.4) is 0 Å². The fourth-order valence-corrected chi connectivity index (χ4v) is 3.56. The van der Waals surface area contributed by atoms with Crippen molar-refractivity contribution >= 4 is 5.91 Å². The highest BCUT2D eigenvalue weighted by Crippen LogP contribution is 2.27. The van der Waals surface area contributed by atoms with E-state index in [1.54, 1.807) is 32.4 Å². The predicted octanol–water partition coefficient (Wildman–Crippen LogP) is 2.80.